The fraction of sp³-hybridized carbons (Fsp3) is 0.211. The van der Waals surface area contributed by atoms with Crippen molar-refractivity contribution in [1.82, 2.24) is 9.55 Å². The van der Waals surface area contributed by atoms with Crippen LogP contribution >= 0.6 is 0 Å². The molecule has 3 N–H and O–H groups in total. The van der Waals surface area contributed by atoms with Crippen molar-refractivity contribution in [2.24, 2.45) is 0 Å². The maximum absolute atomic E-state index is 9.87. The lowest BCUT2D eigenvalue weighted by Crippen LogP contribution is -2.11. The second-order valence-electron chi connectivity index (χ2n) is 5.83. The number of aliphatic hydroxyl groups is 1. The first-order valence-electron chi connectivity index (χ1n) is 7.75. The third kappa shape index (κ3) is 3.60. The van der Waals surface area contributed by atoms with Crippen molar-refractivity contribution < 1.29 is 5.11 Å². The van der Waals surface area contributed by atoms with Crippen molar-refractivity contribution in [2.75, 3.05) is 5.73 Å². The topological polar surface area (TPSA) is 64.1 Å². The van der Waals surface area contributed by atoms with Gasteiger partial charge >= 0.3 is 0 Å². The number of nitrogen functional groups attached to an aromatic ring is 1. The molecule has 0 saturated carbocycles. The third-order valence-corrected chi connectivity index (χ3v) is 3.79. The number of aromatic nitrogens is 2. The van der Waals surface area contributed by atoms with Gasteiger partial charge < -0.3 is 15.4 Å². The molecule has 4 heteroatoms. The molecule has 1 unspecified atom stereocenters. The zero-order valence-corrected chi connectivity index (χ0v) is 13.2. The van der Waals surface area contributed by atoms with Crippen LogP contribution in [0.15, 0.2) is 60.9 Å². The number of nitrogens with zero attached hydrogens (tertiary/aromatic N) is 2. The molecule has 0 bridgehead atoms. The van der Waals surface area contributed by atoms with Gasteiger partial charge in [-0.1, -0.05) is 42.5 Å². The molecule has 0 amide bonds. The molecule has 0 radical (unpaired) electrons. The van der Waals surface area contributed by atoms with Gasteiger partial charge in [0.05, 0.1) is 18.1 Å². The van der Waals surface area contributed by atoms with Gasteiger partial charge in [-0.3, -0.25) is 0 Å². The lowest BCUT2D eigenvalue weighted by atomic mass is 10.1. The number of hydrogen-bond donors (Lipinski definition) is 2. The second kappa shape index (κ2) is 6.67. The Morgan fingerprint density at radius 3 is 2.61 bits per heavy atom. The average Bonchev–Trinajstić information content (AvgIpc) is 2.90. The predicted octanol–water partition coefficient (Wildman–Crippen LogP) is 3.10. The fourth-order valence-electron chi connectivity index (χ4n) is 2.76. The van der Waals surface area contributed by atoms with Gasteiger partial charge in [-0.15, -0.1) is 0 Å². The SMILES string of the molecule is CC(O)Cc1c(-c2ccccc2)ncn1Cc1cccc(N)c1. The summed E-state index contributed by atoms with van der Waals surface area (Å²) in [5.74, 6) is 0. The maximum atomic E-state index is 9.87. The minimum atomic E-state index is -0.422. The molecule has 4 nitrogen and oxygen atoms in total. The van der Waals surface area contributed by atoms with E-state index in [1.807, 2.05) is 60.9 Å². The van der Waals surface area contributed by atoms with E-state index in [0.717, 1.165) is 28.2 Å². The second-order valence-corrected chi connectivity index (χ2v) is 5.83. The first-order chi connectivity index (χ1) is 11.1. The number of benzene rings is 2. The summed E-state index contributed by atoms with van der Waals surface area (Å²) in [6.07, 6.45) is 1.98. The molecular weight excluding hydrogens is 286 g/mol. The van der Waals surface area contributed by atoms with E-state index in [-0.39, 0.29) is 0 Å². The van der Waals surface area contributed by atoms with E-state index in [4.69, 9.17) is 5.73 Å². The highest BCUT2D eigenvalue weighted by Crippen LogP contribution is 2.24. The van der Waals surface area contributed by atoms with Gasteiger partial charge in [0.15, 0.2) is 0 Å². The molecule has 0 fully saturated rings. The molecular formula is C19H21N3O. The van der Waals surface area contributed by atoms with Crippen LogP contribution in [0.2, 0.25) is 0 Å². The van der Waals surface area contributed by atoms with Crippen LogP contribution in [0.25, 0.3) is 11.3 Å². The Morgan fingerprint density at radius 2 is 1.91 bits per heavy atom. The van der Waals surface area contributed by atoms with E-state index in [1.165, 1.54) is 0 Å². The summed E-state index contributed by atoms with van der Waals surface area (Å²) < 4.78 is 2.09. The van der Waals surface area contributed by atoms with E-state index in [1.54, 1.807) is 6.92 Å². The molecule has 1 heterocycles. The van der Waals surface area contributed by atoms with Crippen molar-refractivity contribution in [1.29, 1.82) is 0 Å². The van der Waals surface area contributed by atoms with Gasteiger partial charge in [0.2, 0.25) is 0 Å². The number of imidazole rings is 1. The summed E-state index contributed by atoms with van der Waals surface area (Å²) in [5, 5.41) is 9.87. The van der Waals surface area contributed by atoms with Crippen LogP contribution in [0.3, 0.4) is 0 Å². The standard InChI is InChI=1S/C19H21N3O/c1-14(23)10-18-19(16-7-3-2-4-8-16)21-13-22(18)12-15-6-5-9-17(20)11-15/h2-9,11,13-14,23H,10,12,20H2,1H3. The molecule has 23 heavy (non-hydrogen) atoms. The van der Waals surface area contributed by atoms with E-state index >= 15 is 0 Å². The number of aliphatic hydroxyl groups excluding tert-OH is 1. The van der Waals surface area contributed by atoms with Crippen molar-refractivity contribution in [3.05, 3.63) is 72.2 Å². The summed E-state index contributed by atoms with van der Waals surface area (Å²) in [5.41, 5.74) is 10.8. The molecule has 0 spiro atoms. The Kier molecular flexibility index (Phi) is 4.44. The quantitative estimate of drug-likeness (QED) is 0.712. The van der Waals surface area contributed by atoms with Crippen molar-refractivity contribution in [3.63, 3.8) is 0 Å². The fourth-order valence-corrected chi connectivity index (χ4v) is 2.76. The van der Waals surface area contributed by atoms with Crippen LogP contribution in [-0.2, 0) is 13.0 Å². The first kappa shape index (κ1) is 15.3. The van der Waals surface area contributed by atoms with Crippen LogP contribution in [0, 0.1) is 0 Å². The number of anilines is 1. The Hall–Kier alpha value is -2.59. The lowest BCUT2D eigenvalue weighted by molar-refractivity contribution is 0.193. The predicted molar refractivity (Wildman–Crippen MR) is 93.0 cm³/mol. The van der Waals surface area contributed by atoms with Crippen molar-refractivity contribution >= 4 is 5.69 Å². The molecule has 1 aromatic heterocycles. The molecule has 3 aromatic rings. The molecule has 3 rings (SSSR count). The summed E-state index contributed by atoms with van der Waals surface area (Å²) in [6.45, 7) is 2.49. The lowest BCUT2D eigenvalue weighted by Gasteiger charge is -2.12. The summed E-state index contributed by atoms with van der Waals surface area (Å²) in [7, 11) is 0. The van der Waals surface area contributed by atoms with Crippen LogP contribution in [-0.4, -0.2) is 20.8 Å². The molecule has 118 valence electrons. The van der Waals surface area contributed by atoms with Crippen LogP contribution in [0.4, 0.5) is 5.69 Å². The van der Waals surface area contributed by atoms with E-state index in [2.05, 4.69) is 9.55 Å². The first-order valence-corrected chi connectivity index (χ1v) is 7.75. The molecule has 1 atom stereocenters. The zero-order chi connectivity index (χ0) is 16.2. The van der Waals surface area contributed by atoms with Gasteiger partial charge in [-0.25, -0.2) is 4.98 Å². The highest BCUT2D eigenvalue weighted by Gasteiger charge is 2.15. The van der Waals surface area contributed by atoms with E-state index in [9.17, 15) is 5.11 Å². The van der Waals surface area contributed by atoms with Crippen LogP contribution < -0.4 is 5.73 Å². The maximum Gasteiger partial charge on any atom is 0.0959 e. The van der Waals surface area contributed by atoms with Gasteiger partial charge in [0, 0.05) is 29.9 Å². The van der Waals surface area contributed by atoms with E-state index in [0.29, 0.717) is 13.0 Å². The number of nitrogens with two attached hydrogens (primary N) is 1. The normalized spacial score (nSPS) is 12.3. The third-order valence-electron chi connectivity index (χ3n) is 3.79. The average molecular weight is 307 g/mol. The Bertz CT molecular complexity index is 778. The molecule has 0 aliphatic rings. The molecule has 0 saturated heterocycles. The van der Waals surface area contributed by atoms with Crippen molar-refractivity contribution in [2.45, 2.75) is 26.0 Å². The van der Waals surface area contributed by atoms with Gasteiger partial charge in [0.1, 0.15) is 0 Å². The van der Waals surface area contributed by atoms with E-state index < -0.39 is 6.10 Å². The van der Waals surface area contributed by atoms with Crippen LogP contribution in [0.5, 0.6) is 0 Å². The molecule has 2 aromatic carbocycles. The number of hydrogen-bond acceptors (Lipinski definition) is 3. The summed E-state index contributed by atoms with van der Waals surface area (Å²) in [4.78, 5) is 4.58. The molecule has 0 aliphatic heterocycles. The smallest absolute Gasteiger partial charge is 0.0959 e. The van der Waals surface area contributed by atoms with Crippen molar-refractivity contribution in [3.8, 4) is 11.3 Å². The minimum absolute atomic E-state index is 0.422. The number of rotatable bonds is 5. The van der Waals surface area contributed by atoms with Gasteiger partial charge in [-0.2, -0.15) is 0 Å². The monoisotopic (exact) mass is 307 g/mol. The highest BCUT2D eigenvalue weighted by atomic mass is 16.3. The Balaban J connectivity index is 1.98. The largest absolute Gasteiger partial charge is 0.399 e. The Morgan fingerprint density at radius 1 is 1.13 bits per heavy atom. The van der Waals surface area contributed by atoms with Gasteiger partial charge in [-0.05, 0) is 24.6 Å². The van der Waals surface area contributed by atoms with Gasteiger partial charge in [0.25, 0.3) is 0 Å². The van der Waals surface area contributed by atoms with Crippen LogP contribution in [0.1, 0.15) is 18.2 Å². The molecule has 0 aliphatic carbocycles. The zero-order valence-electron chi connectivity index (χ0n) is 13.2. The highest BCUT2D eigenvalue weighted by molar-refractivity contribution is 5.62. The summed E-state index contributed by atoms with van der Waals surface area (Å²) >= 11 is 0. The minimum Gasteiger partial charge on any atom is -0.399 e. The summed E-state index contributed by atoms with van der Waals surface area (Å²) in [6, 6.07) is 17.9. The Labute approximate surface area is 136 Å².